The number of H-pyrrole nitrogens is 1. The Bertz CT molecular complexity index is 1340. The van der Waals surface area contributed by atoms with Crippen molar-refractivity contribution in [3.05, 3.63) is 86.7 Å². The van der Waals surface area contributed by atoms with Gasteiger partial charge >= 0.3 is 5.69 Å². The fraction of sp³-hybridized carbons (Fsp3) is 0.250. The fourth-order valence-corrected chi connectivity index (χ4v) is 4.16. The molecule has 29 heavy (non-hydrogen) atoms. The number of benzene rings is 2. The summed E-state index contributed by atoms with van der Waals surface area (Å²) >= 11 is 0. The molecule has 0 amide bonds. The van der Waals surface area contributed by atoms with Gasteiger partial charge in [0, 0.05) is 31.2 Å². The first kappa shape index (κ1) is 17.7. The van der Waals surface area contributed by atoms with E-state index in [0.717, 1.165) is 46.3 Å². The van der Waals surface area contributed by atoms with Crippen LogP contribution in [0.25, 0.3) is 27.8 Å². The summed E-state index contributed by atoms with van der Waals surface area (Å²) in [5.41, 5.74) is 5.72. The first-order chi connectivity index (χ1) is 14.1. The van der Waals surface area contributed by atoms with Crippen LogP contribution in [0.5, 0.6) is 0 Å². The van der Waals surface area contributed by atoms with Crippen LogP contribution in [0.15, 0.2) is 64.3 Å². The smallest absolute Gasteiger partial charge is 0.312 e. The molecule has 1 saturated carbocycles. The summed E-state index contributed by atoms with van der Waals surface area (Å²) in [5, 5.41) is 1.06. The van der Waals surface area contributed by atoms with Gasteiger partial charge in [-0.1, -0.05) is 29.8 Å². The first-order valence-corrected chi connectivity index (χ1v) is 10.1. The molecular formula is C24H25N3O2. The molecule has 2 heterocycles. The number of hydrogen-bond donors (Lipinski definition) is 1. The van der Waals surface area contributed by atoms with E-state index in [-0.39, 0.29) is 12.7 Å². The second kappa shape index (κ2) is 6.62. The topological polar surface area (TPSA) is 59.8 Å². The van der Waals surface area contributed by atoms with Crippen LogP contribution < -0.4 is 11.2 Å². The highest BCUT2D eigenvalue weighted by Gasteiger charge is 2.27. The average molecular weight is 387 g/mol. The Balaban J connectivity index is 0.00000218. The number of fused-ring (bicyclic) bond motifs is 1. The molecule has 0 spiro atoms. The van der Waals surface area contributed by atoms with Crippen molar-refractivity contribution in [1.82, 2.24) is 14.1 Å². The van der Waals surface area contributed by atoms with Crippen LogP contribution in [0.3, 0.4) is 0 Å². The van der Waals surface area contributed by atoms with Crippen molar-refractivity contribution in [2.75, 3.05) is 0 Å². The van der Waals surface area contributed by atoms with Gasteiger partial charge in [-0.2, -0.15) is 0 Å². The van der Waals surface area contributed by atoms with Crippen molar-refractivity contribution in [3.8, 4) is 16.9 Å². The molecule has 2 aromatic carbocycles. The number of hydrogen-bond acceptors (Lipinski definition) is 2. The number of aromatic amines is 1. The molecule has 1 aliphatic carbocycles. The Hall–Kier alpha value is -3.34. The Morgan fingerprint density at radius 1 is 1.07 bits per heavy atom. The van der Waals surface area contributed by atoms with E-state index in [1.165, 1.54) is 5.56 Å². The predicted octanol–water partition coefficient (Wildman–Crippen LogP) is 4.60. The molecule has 0 aliphatic heterocycles. The van der Waals surface area contributed by atoms with Gasteiger partial charge in [-0.05, 0) is 56.4 Å². The lowest BCUT2D eigenvalue weighted by atomic mass is 10.0. The van der Waals surface area contributed by atoms with Crippen molar-refractivity contribution in [2.24, 2.45) is 0 Å². The molecule has 5 nitrogen and oxygen atoms in total. The maximum absolute atomic E-state index is 12.7. The number of pyridine rings is 1. The fourth-order valence-electron chi connectivity index (χ4n) is 4.16. The molecule has 0 atom stereocenters. The monoisotopic (exact) mass is 387 g/mol. The Morgan fingerprint density at radius 3 is 2.52 bits per heavy atom. The van der Waals surface area contributed by atoms with Crippen molar-refractivity contribution in [1.29, 1.82) is 0 Å². The maximum atomic E-state index is 12.7. The largest absolute Gasteiger partial charge is 0.330 e. The van der Waals surface area contributed by atoms with E-state index in [9.17, 15) is 9.59 Å². The van der Waals surface area contributed by atoms with Crippen molar-refractivity contribution in [2.45, 2.75) is 39.2 Å². The molecule has 4 aromatic rings. The van der Waals surface area contributed by atoms with E-state index in [4.69, 9.17) is 0 Å². The minimum absolute atomic E-state index is 0. The van der Waals surface area contributed by atoms with Crippen LogP contribution in [-0.2, 0) is 6.54 Å². The molecule has 1 N–H and O–H groups in total. The first-order valence-electron chi connectivity index (χ1n) is 10.1. The van der Waals surface area contributed by atoms with E-state index in [1.54, 1.807) is 21.4 Å². The van der Waals surface area contributed by atoms with Gasteiger partial charge in [0.05, 0.1) is 16.9 Å². The summed E-state index contributed by atoms with van der Waals surface area (Å²) in [7, 11) is 0. The second-order valence-electron chi connectivity index (χ2n) is 7.84. The third-order valence-corrected chi connectivity index (χ3v) is 5.84. The predicted molar refractivity (Wildman–Crippen MR) is 118 cm³/mol. The summed E-state index contributed by atoms with van der Waals surface area (Å²) in [6.07, 6.45) is 3.99. The lowest BCUT2D eigenvalue weighted by Gasteiger charge is -2.14. The van der Waals surface area contributed by atoms with Gasteiger partial charge in [0.2, 0.25) is 0 Å². The van der Waals surface area contributed by atoms with Crippen molar-refractivity contribution < 1.29 is 1.43 Å². The van der Waals surface area contributed by atoms with Gasteiger partial charge in [0.25, 0.3) is 5.56 Å². The molecule has 0 unspecified atom stereocenters. The van der Waals surface area contributed by atoms with Crippen LogP contribution in [0.2, 0.25) is 0 Å². The normalized spacial score (nSPS) is 13.9. The zero-order chi connectivity index (χ0) is 20.1. The molecule has 1 aliphatic rings. The highest BCUT2D eigenvalue weighted by atomic mass is 16.1. The van der Waals surface area contributed by atoms with E-state index in [0.29, 0.717) is 12.5 Å². The Morgan fingerprint density at radius 2 is 1.83 bits per heavy atom. The van der Waals surface area contributed by atoms with Gasteiger partial charge in [0.1, 0.15) is 0 Å². The number of imidazole rings is 1. The number of aromatic nitrogens is 3. The third-order valence-electron chi connectivity index (χ3n) is 5.84. The SMILES string of the molecule is CCn1c(=O)cc(C2CC2)c2cc(-n3c(-c4ccc(C)cc4)c[nH]c3=O)ccc21.[HH]. The highest BCUT2D eigenvalue weighted by molar-refractivity contribution is 5.86. The third kappa shape index (κ3) is 2.94. The highest BCUT2D eigenvalue weighted by Crippen LogP contribution is 2.42. The second-order valence-corrected chi connectivity index (χ2v) is 7.84. The Labute approximate surface area is 169 Å². The average Bonchev–Trinajstić information content (AvgIpc) is 3.50. The number of nitrogens with one attached hydrogen (secondary N) is 1. The number of rotatable bonds is 4. The van der Waals surface area contributed by atoms with E-state index < -0.39 is 0 Å². The molecule has 1 fully saturated rings. The van der Waals surface area contributed by atoms with E-state index in [2.05, 4.69) is 11.1 Å². The summed E-state index contributed by atoms with van der Waals surface area (Å²) in [5.74, 6) is 0.450. The lowest BCUT2D eigenvalue weighted by molar-refractivity contribution is 0.756. The minimum Gasteiger partial charge on any atom is -0.312 e. The molecule has 148 valence electrons. The summed E-state index contributed by atoms with van der Waals surface area (Å²) in [4.78, 5) is 28.1. The lowest BCUT2D eigenvalue weighted by Crippen LogP contribution is -2.20. The molecule has 5 rings (SSSR count). The quantitative estimate of drug-likeness (QED) is 0.556. The van der Waals surface area contributed by atoms with Crippen LogP contribution in [0.1, 0.15) is 38.2 Å². The zero-order valence-corrected chi connectivity index (χ0v) is 16.6. The summed E-state index contributed by atoms with van der Waals surface area (Å²) in [6.45, 7) is 4.65. The molecule has 2 aromatic heterocycles. The molecule has 0 radical (unpaired) electrons. The van der Waals surface area contributed by atoms with E-state index >= 15 is 0 Å². The summed E-state index contributed by atoms with van der Waals surface area (Å²) in [6, 6.07) is 15.9. The van der Waals surface area contributed by atoms with Crippen LogP contribution in [0, 0.1) is 6.92 Å². The van der Waals surface area contributed by atoms with Crippen LogP contribution in [-0.4, -0.2) is 14.1 Å². The van der Waals surface area contributed by atoms with Gasteiger partial charge < -0.3 is 9.55 Å². The molecular weight excluding hydrogens is 362 g/mol. The minimum atomic E-state index is -0.170. The van der Waals surface area contributed by atoms with Crippen LogP contribution in [0.4, 0.5) is 0 Å². The van der Waals surface area contributed by atoms with Gasteiger partial charge in [-0.25, -0.2) is 4.79 Å². The zero-order valence-electron chi connectivity index (χ0n) is 16.6. The molecule has 0 bridgehead atoms. The number of aryl methyl sites for hydroxylation is 2. The number of nitrogens with zero attached hydrogens (tertiary/aromatic N) is 2. The molecule has 5 heteroatoms. The summed E-state index contributed by atoms with van der Waals surface area (Å²) < 4.78 is 3.51. The Kier molecular flexibility index (Phi) is 4.05. The maximum Gasteiger partial charge on any atom is 0.330 e. The van der Waals surface area contributed by atoms with Gasteiger partial charge in [0.15, 0.2) is 0 Å². The van der Waals surface area contributed by atoms with Crippen LogP contribution >= 0.6 is 0 Å². The van der Waals surface area contributed by atoms with Crippen molar-refractivity contribution >= 4 is 10.9 Å². The standard InChI is InChI=1S/C24H23N3O2.H2/c1-3-26-21-11-10-18(12-20(21)19(13-23(26)28)16-8-9-16)27-22(14-25-24(27)29)17-6-4-15(2)5-7-17;/h4-7,10-14,16H,3,8-9H2,1-2H3,(H,25,29);1H. The van der Waals surface area contributed by atoms with Crippen molar-refractivity contribution in [3.63, 3.8) is 0 Å². The van der Waals surface area contributed by atoms with Gasteiger partial charge in [-0.3, -0.25) is 9.36 Å². The molecule has 0 saturated heterocycles. The van der Waals surface area contributed by atoms with E-state index in [1.807, 2.05) is 50.2 Å². The van der Waals surface area contributed by atoms with Gasteiger partial charge in [-0.15, -0.1) is 0 Å².